The minimum absolute atomic E-state index is 0.0209. The Morgan fingerprint density at radius 3 is 1.93 bits per heavy atom. The number of esters is 1. The summed E-state index contributed by atoms with van der Waals surface area (Å²) < 4.78 is 32.6. The van der Waals surface area contributed by atoms with Crippen LogP contribution in [0.2, 0.25) is 0 Å². The van der Waals surface area contributed by atoms with E-state index in [0.29, 0.717) is 11.3 Å². The van der Waals surface area contributed by atoms with Crippen LogP contribution < -0.4 is 10.5 Å². The fourth-order valence-electron chi connectivity index (χ4n) is 2.58. The molecule has 3 aromatic carbocycles. The summed E-state index contributed by atoms with van der Waals surface area (Å²) in [6.45, 7) is 0. The minimum Gasteiger partial charge on any atom is -0.444 e. The van der Waals surface area contributed by atoms with Crippen molar-refractivity contribution in [3.63, 3.8) is 0 Å². The van der Waals surface area contributed by atoms with E-state index in [1.807, 2.05) is 0 Å². The van der Waals surface area contributed by atoms with Crippen LogP contribution in [0.5, 0.6) is 0 Å². The summed E-state index contributed by atoms with van der Waals surface area (Å²) >= 11 is 0. The Labute approximate surface area is 168 Å². The van der Waals surface area contributed by atoms with Crippen LogP contribution in [0, 0.1) is 0 Å². The van der Waals surface area contributed by atoms with E-state index < -0.39 is 28.0 Å². The molecule has 0 aliphatic carbocycles. The van der Waals surface area contributed by atoms with Crippen molar-refractivity contribution in [3.8, 4) is 0 Å². The standard InChI is InChI=1S/C21H18N2O5S/c22-20(24)19(15-7-3-1-4-8-15)28-21(25)16-11-13-18(14-12-16)29(26,27)23-17-9-5-2-6-10-17/h1-14,19,23H,(H2,22,24). The van der Waals surface area contributed by atoms with Gasteiger partial charge in [-0.3, -0.25) is 9.52 Å². The van der Waals surface area contributed by atoms with E-state index in [2.05, 4.69) is 4.72 Å². The van der Waals surface area contributed by atoms with Crippen molar-refractivity contribution in [2.75, 3.05) is 4.72 Å². The molecule has 0 aliphatic rings. The normalized spacial score (nSPS) is 12.0. The molecule has 0 heterocycles. The van der Waals surface area contributed by atoms with Gasteiger partial charge in [0.1, 0.15) is 0 Å². The molecule has 7 nitrogen and oxygen atoms in total. The third kappa shape index (κ3) is 4.99. The second-order valence-electron chi connectivity index (χ2n) is 6.09. The highest BCUT2D eigenvalue weighted by Gasteiger charge is 2.23. The predicted octanol–water partition coefficient (Wildman–Crippen LogP) is 2.87. The molecule has 29 heavy (non-hydrogen) atoms. The Hall–Kier alpha value is -3.65. The molecule has 0 saturated heterocycles. The van der Waals surface area contributed by atoms with Gasteiger partial charge in [0, 0.05) is 11.3 Å². The molecule has 1 amide bonds. The van der Waals surface area contributed by atoms with Crippen molar-refractivity contribution in [1.29, 1.82) is 0 Å². The van der Waals surface area contributed by atoms with Crippen LogP contribution in [0.3, 0.4) is 0 Å². The first-order chi connectivity index (χ1) is 13.9. The van der Waals surface area contributed by atoms with Crippen molar-refractivity contribution in [2.24, 2.45) is 5.73 Å². The smallest absolute Gasteiger partial charge is 0.339 e. The zero-order valence-corrected chi connectivity index (χ0v) is 16.0. The summed E-state index contributed by atoms with van der Waals surface area (Å²) in [7, 11) is -3.81. The highest BCUT2D eigenvalue weighted by Crippen LogP contribution is 2.20. The molecule has 0 aromatic heterocycles. The average Bonchev–Trinajstić information content (AvgIpc) is 2.73. The first-order valence-electron chi connectivity index (χ1n) is 8.60. The molecule has 0 bridgehead atoms. The number of rotatable bonds is 7. The van der Waals surface area contributed by atoms with Gasteiger partial charge in [-0.15, -0.1) is 0 Å². The van der Waals surface area contributed by atoms with Crippen molar-refractivity contribution >= 4 is 27.6 Å². The van der Waals surface area contributed by atoms with Gasteiger partial charge in [-0.05, 0) is 36.4 Å². The van der Waals surface area contributed by atoms with Gasteiger partial charge >= 0.3 is 5.97 Å². The number of carbonyl (C=O) groups excluding carboxylic acids is 2. The van der Waals surface area contributed by atoms with E-state index >= 15 is 0 Å². The number of primary amides is 1. The molecule has 0 aliphatic heterocycles. The van der Waals surface area contributed by atoms with Gasteiger partial charge in [0.15, 0.2) is 0 Å². The zero-order valence-electron chi connectivity index (χ0n) is 15.2. The number of sulfonamides is 1. The van der Waals surface area contributed by atoms with Gasteiger partial charge in [0.25, 0.3) is 15.9 Å². The van der Waals surface area contributed by atoms with Crippen LogP contribution in [0.25, 0.3) is 0 Å². The minimum atomic E-state index is -3.81. The van der Waals surface area contributed by atoms with E-state index in [-0.39, 0.29) is 10.5 Å². The maximum atomic E-state index is 12.4. The van der Waals surface area contributed by atoms with Crippen LogP contribution >= 0.6 is 0 Å². The number of hydrogen-bond donors (Lipinski definition) is 2. The molecule has 8 heteroatoms. The van der Waals surface area contributed by atoms with Crippen LogP contribution in [-0.2, 0) is 19.6 Å². The number of ether oxygens (including phenoxy) is 1. The molecule has 3 N–H and O–H groups in total. The lowest BCUT2D eigenvalue weighted by atomic mass is 10.1. The summed E-state index contributed by atoms with van der Waals surface area (Å²) in [5.41, 5.74) is 6.30. The Kier molecular flexibility index (Phi) is 5.94. The molecular formula is C21H18N2O5S. The summed E-state index contributed by atoms with van der Waals surface area (Å²) in [5, 5.41) is 0. The molecule has 3 rings (SSSR count). The molecule has 0 spiro atoms. The lowest BCUT2D eigenvalue weighted by molar-refractivity contribution is -0.127. The second-order valence-corrected chi connectivity index (χ2v) is 7.78. The van der Waals surface area contributed by atoms with Gasteiger partial charge in [-0.2, -0.15) is 0 Å². The topological polar surface area (TPSA) is 116 Å². The molecular weight excluding hydrogens is 392 g/mol. The van der Waals surface area contributed by atoms with Crippen molar-refractivity contribution in [2.45, 2.75) is 11.0 Å². The Bertz CT molecular complexity index is 1100. The van der Waals surface area contributed by atoms with Gasteiger partial charge in [-0.1, -0.05) is 48.5 Å². The number of anilines is 1. The largest absolute Gasteiger partial charge is 0.444 e. The monoisotopic (exact) mass is 410 g/mol. The number of nitrogens with one attached hydrogen (secondary N) is 1. The van der Waals surface area contributed by atoms with Crippen LogP contribution in [0.1, 0.15) is 22.0 Å². The summed E-state index contributed by atoms with van der Waals surface area (Å²) in [5.74, 6) is -1.60. The number of para-hydroxylation sites is 1. The molecule has 148 valence electrons. The van der Waals surface area contributed by atoms with E-state index in [9.17, 15) is 18.0 Å². The van der Waals surface area contributed by atoms with Crippen molar-refractivity contribution in [3.05, 3.63) is 96.1 Å². The van der Waals surface area contributed by atoms with E-state index in [1.54, 1.807) is 60.7 Å². The van der Waals surface area contributed by atoms with Gasteiger partial charge in [0.2, 0.25) is 6.10 Å². The molecule has 0 radical (unpaired) electrons. The predicted molar refractivity (Wildman–Crippen MR) is 107 cm³/mol. The lowest BCUT2D eigenvalue weighted by Crippen LogP contribution is -2.26. The molecule has 1 atom stereocenters. The fourth-order valence-corrected chi connectivity index (χ4v) is 3.64. The fraction of sp³-hybridized carbons (Fsp3) is 0.0476. The third-order valence-corrected chi connectivity index (χ3v) is 5.41. The van der Waals surface area contributed by atoms with Crippen LogP contribution in [0.4, 0.5) is 5.69 Å². The highest BCUT2D eigenvalue weighted by molar-refractivity contribution is 7.92. The quantitative estimate of drug-likeness (QED) is 0.581. The Morgan fingerprint density at radius 2 is 1.38 bits per heavy atom. The number of benzene rings is 3. The second kappa shape index (κ2) is 8.57. The molecule has 3 aromatic rings. The van der Waals surface area contributed by atoms with Crippen molar-refractivity contribution in [1.82, 2.24) is 0 Å². The Balaban J connectivity index is 1.75. The van der Waals surface area contributed by atoms with Gasteiger partial charge in [0.05, 0.1) is 10.5 Å². The van der Waals surface area contributed by atoms with Gasteiger partial charge in [-0.25, -0.2) is 13.2 Å². The third-order valence-electron chi connectivity index (χ3n) is 4.01. The highest BCUT2D eigenvalue weighted by atomic mass is 32.2. The summed E-state index contributed by atoms with van der Waals surface area (Å²) in [6.07, 6.45) is -1.24. The number of nitrogens with two attached hydrogens (primary N) is 1. The maximum absolute atomic E-state index is 12.4. The number of carbonyl (C=O) groups is 2. The maximum Gasteiger partial charge on any atom is 0.339 e. The number of amides is 1. The summed E-state index contributed by atoms with van der Waals surface area (Å²) in [4.78, 5) is 24.1. The number of hydrogen-bond acceptors (Lipinski definition) is 5. The zero-order chi connectivity index (χ0) is 20.9. The van der Waals surface area contributed by atoms with Crippen molar-refractivity contribution < 1.29 is 22.7 Å². The molecule has 1 unspecified atom stereocenters. The van der Waals surface area contributed by atoms with E-state index in [4.69, 9.17) is 10.5 Å². The molecule has 0 fully saturated rings. The van der Waals surface area contributed by atoms with Crippen LogP contribution in [-0.4, -0.2) is 20.3 Å². The lowest BCUT2D eigenvalue weighted by Gasteiger charge is -2.15. The van der Waals surface area contributed by atoms with Crippen LogP contribution in [0.15, 0.2) is 89.8 Å². The SMILES string of the molecule is NC(=O)C(OC(=O)c1ccc(S(=O)(=O)Nc2ccccc2)cc1)c1ccccc1. The first kappa shape index (κ1) is 20.1. The van der Waals surface area contributed by atoms with Gasteiger partial charge < -0.3 is 10.5 Å². The van der Waals surface area contributed by atoms with E-state index in [0.717, 1.165) is 0 Å². The average molecular weight is 410 g/mol. The van der Waals surface area contributed by atoms with E-state index in [1.165, 1.54) is 24.3 Å². The first-order valence-corrected chi connectivity index (χ1v) is 10.1. The molecule has 0 saturated carbocycles. The Morgan fingerprint density at radius 1 is 0.828 bits per heavy atom. The summed E-state index contributed by atoms with van der Waals surface area (Å²) in [6, 6.07) is 22.0.